The number of hydrogen-bond donors (Lipinski definition) is 1. The van der Waals surface area contributed by atoms with Gasteiger partial charge in [0.25, 0.3) is 0 Å². The maximum Gasteiger partial charge on any atom is 0.223 e. The van der Waals surface area contributed by atoms with E-state index in [0.29, 0.717) is 18.2 Å². The SMILES string of the molecule is CC1(C)CNCCN1C(=O)CC1CCOCC1. The molecule has 2 fully saturated rings. The fourth-order valence-corrected chi connectivity index (χ4v) is 2.75. The molecule has 0 radical (unpaired) electrons. The molecule has 0 aromatic heterocycles. The zero-order valence-electron chi connectivity index (χ0n) is 11.0. The molecule has 1 N–H and O–H groups in total. The fourth-order valence-electron chi connectivity index (χ4n) is 2.75. The summed E-state index contributed by atoms with van der Waals surface area (Å²) in [7, 11) is 0. The first-order chi connectivity index (χ1) is 8.09. The number of carbonyl (C=O) groups excluding carboxylic acids is 1. The van der Waals surface area contributed by atoms with Crippen LogP contribution in [0.3, 0.4) is 0 Å². The molecular formula is C13H24N2O2. The van der Waals surface area contributed by atoms with Crippen LogP contribution in [0, 0.1) is 5.92 Å². The van der Waals surface area contributed by atoms with E-state index in [0.717, 1.165) is 45.7 Å². The van der Waals surface area contributed by atoms with Crippen LogP contribution in [0.25, 0.3) is 0 Å². The van der Waals surface area contributed by atoms with Crippen molar-refractivity contribution < 1.29 is 9.53 Å². The normalized spacial score (nSPS) is 25.9. The smallest absolute Gasteiger partial charge is 0.223 e. The summed E-state index contributed by atoms with van der Waals surface area (Å²) < 4.78 is 5.33. The van der Waals surface area contributed by atoms with E-state index in [-0.39, 0.29) is 5.54 Å². The van der Waals surface area contributed by atoms with Crippen molar-refractivity contribution in [2.24, 2.45) is 5.92 Å². The molecule has 0 aromatic rings. The lowest BCUT2D eigenvalue weighted by Crippen LogP contribution is -2.60. The van der Waals surface area contributed by atoms with Crippen LogP contribution in [0.1, 0.15) is 33.1 Å². The van der Waals surface area contributed by atoms with Crippen molar-refractivity contribution in [1.82, 2.24) is 10.2 Å². The van der Waals surface area contributed by atoms with Crippen molar-refractivity contribution in [2.45, 2.75) is 38.6 Å². The first-order valence-electron chi connectivity index (χ1n) is 6.68. The Labute approximate surface area is 104 Å². The number of amides is 1. The fraction of sp³-hybridized carbons (Fsp3) is 0.923. The number of piperazine rings is 1. The molecule has 0 saturated carbocycles. The summed E-state index contributed by atoms with van der Waals surface area (Å²) in [6.07, 6.45) is 2.78. The lowest BCUT2D eigenvalue weighted by Gasteiger charge is -2.43. The van der Waals surface area contributed by atoms with Crippen LogP contribution in [0.2, 0.25) is 0 Å². The Morgan fingerprint density at radius 1 is 1.41 bits per heavy atom. The molecule has 4 heteroatoms. The molecular weight excluding hydrogens is 216 g/mol. The number of carbonyl (C=O) groups is 1. The van der Waals surface area contributed by atoms with Crippen LogP contribution in [0.5, 0.6) is 0 Å². The van der Waals surface area contributed by atoms with Crippen molar-refractivity contribution in [3.05, 3.63) is 0 Å². The number of ether oxygens (including phenoxy) is 1. The molecule has 0 atom stereocenters. The van der Waals surface area contributed by atoms with Gasteiger partial charge in [-0.25, -0.2) is 0 Å². The molecule has 0 bridgehead atoms. The zero-order chi connectivity index (χ0) is 12.3. The minimum atomic E-state index is -0.0412. The zero-order valence-corrected chi connectivity index (χ0v) is 11.0. The van der Waals surface area contributed by atoms with Crippen LogP contribution in [-0.2, 0) is 9.53 Å². The van der Waals surface area contributed by atoms with Gasteiger partial charge < -0.3 is 15.0 Å². The molecule has 0 spiro atoms. The van der Waals surface area contributed by atoms with Crippen molar-refractivity contribution in [3.63, 3.8) is 0 Å². The molecule has 17 heavy (non-hydrogen) atoms. The largest absolute Gasteiger partial charge is 0.381 e. The highest BCUT2D eigenvalue weighted by Crippen LogP contribution is 2.23. The average Bonchev–Trinajstić information content (AvgIpc) is 2.29. The Morgan fingerprint density at radius 2 is 2.12 bits per heavy atom. The number of hydrogen-bond acceptors (Lipinski definition) is 3. The third-order valence-corrected chi connectivity index (χ3v) is 3.91. The number of rotatable bonds is 2. The molecule has 2 heterocycles. The summed E-state index contributed by atoms with van der Waals surface area (Å²) in [6.45, 7) is 8.58. The van der Waals surface area contributed by atoms with Crippen LogP contribution < -0.4 is 5.32 Å². The van der Waals surface area contributed by atoms with E-state index >= 15 is 0 Å². The van der Waals surface area contributed by atoms with Gasteiger partial charge in [0.15, 0.2) is 0 Å². The summed E-state index contributed by atoms with van der Waals surface area (Å²) >= 11 is 0. The summed E-state index contributed by atoms with van der Waals surface area (Å²) in [5.74, 6) is 0.852. The van der Waals surface area contributed by atoms with Crippen LogP contribution in [0.15, 0.2) is 0 Å². The van der Waals surface area contributed by atoms with E-state index < -0.39 is 0 Å². The van der Waals surface area contributed by atoms with Crippen molar-refractivity contribution >= 4 is 5.91 Å². The minimum absolute atomic E-state index is 0.0412. The first kappa shape index (κ1) is 12.8. The van der Waals surface area contributed by atoms with Gasteiger partial charge >= 0.3 is 0 Å². The Hall–Kier alpha value is -0.610. The molecule has 0 aliphatic carbocycles. The van der Waals surface area contributed by atoms with Gasteiger partial charge in [-0.05, 0) is 32.6 Å². The predicted octanol–water partition coefficient (Wildman–Crippen LogP) is 1.01. The Bertz CT molecular complexity index is 273. The second kappa shape index (κ2) is 5.36. The van der Waals surface area contributed by atoms with Gasteiger partial charge in [-0.1, -0.05) is 0 Å². The lowest BCUT2D eigenvalue weighted by molar-refractivity contribution is -0.139. The van der Waals surface area contributed by atoms with E-state index in [1.807, 2.05) is 0 Å². The quantitative estimate of drug-likeness (QED) is 0.783. The maximum absolute atomic E-state index is 12.3. The second-order valence-electron chi connectivity index (χ2n) is 5.79. The van der Waals surface area contributed by atoms with E-state index in [2.05, 4.69) is 24.1 Å². The van der Waals surface area contributed by atoms with Gasteiger partial charge in [0, 0.05) is 44.8 Å². The standard InChI is InChI=1S/C13H24N2O2/c1-13(2)10-14-5-6-15(13)12(16)9-11-3-7-17-8-4-11/h11,14H,3-10H2,1-2H3. The average molecular weight is 240 g/mol. The van der Waals surface area contributed by atoms with Crippen LogP contribution in [0.4, 0.5) is 0 Å². The van der Waals surface area contributed by atoms with Gasteiger partial charge in [-0.3, -0.25) is 4.79 Å². The maximum atomic E-state index is 12.3. The van der Waals surface area contributed by atoms with Crippen LogP contribution in [-0.4, -0.2) is 49.2 Å². The third kappa shape index (κ3) is 3.19. The van der Waals surface area contributed by atoms with Gasteiger partial charge in [0.05, 0.1) is 0 Å². The van der Waals surface area contributed by atoms with Gasteiger partial charge in [-0.2, -0.15) is 0 Å². The summed E-state index contributed by atoms with van der Waals surface area (Å²) in [4.78, 5) is 14.4. The highest BCUT2D eigenvalue weighted by Gasteiger charge is 2.34. The Balaban J connectivity index is 1.89. The second-order valence-corrected chi connectivity index (χ2v) is 5.79. The predicted molar refractivity (Wildman–Crippen MR) is 66.8 cm³/mol. The molecule has 2 aliphatic heterocycles. The summed E-state index contributed by atoms with van der Waals surface area (Å²) in [6, 6.07) is 0. The molecule has 0 unspecified atom stereocenters. The molecule has 2 rings (SSSR count). The summed E-state index contributed by atoms with van der Waals surface area (Å²) in [5.41, 5.74) is -0.0412. The molecule has 2 aliphatic rings. The van der Waals surface area contributed by atoms with E-state index in [4.69, 9.17) is 4.74 Å². The monoisotopic (exact) mass is 240 g/mol. The molecule has 0 aromatic carbocycles. The third-order valence-electron chi connectivity index (χ3n) is 3.91. The molecule has 2 saturated heterocycles. The van der Waals surface area contributed by atoms with Gasteiger partial charge in [0.1, 0.15) is 0 Å². The van der Waals surface area contributed by atoms with Crippen molar-refractivity contribution in [1.29, 1.82) is 0 Å². The minimum Gasteiger partial charge on any atom is -0.381 e. The molecule has 98 valence electrons. The van der Waals surface area contributed by atoms with Gasteiger partial charge in [0.2, 0.25) is 5.91 Å². The van der Waals surface area contributed by atoms with E-state index in [1.165, 1.54) is 0 Å². The number of nitrogens with one attached hydrogen (secondary N) is 1. The highest BCUT2D eigenvalue weighted by atomic mass is 16.5. The molecule has 4 nitrogen and oxygen atoms in total. The topological polar surface area (TPSA) is 41.6 Å². The van der Waals surface area contributed by atoms with Gasteiger partial charge in [-0.15, -0.1) is 0 Å². The Morgan fingerprint density at radius 3 is 2.76 bits per heavy atom. The lowest BCUT2D eigenvalue weighted by atomic mass is 9.93. The van der Waals surface area contributed by atoms with E-state index in [1.54, 1.807) is 0 Å². The Kier molecular flexibility index (Phi) is 4.05. The van der Waals surface area contributed by atoms with E-state index in [9.17, 15) is 4.79 Å². The first-order valence-corrected chi connectivity index (χ1v) is 6.68. The van der Waals surface area contributed by atoms with Crippen LogP contribution >= 0.6 is 0 Å². The molecule has 1 amide bonds. The highest BCUT2D eigenvalue weighted by molar-refractivity contribution is 5.77. The van der Waals surface area contributed by atoms with Crippen molar-refractivity contribution in [3.8, 4) is 0 Å². The summed E-state index contributed by atoms with van der Waals surface area (Å²) in [5, 5.41) is 3.35. The van der Waals surface area contributed by atoms with Crippen molar-refractivity contribution in [2.75, 3.05) is 32.8 Å². The number of nitrogens with zero attached hydrogens (tertiary/aromatic N) is 1.